The minimum absolute atomic E-state index is 0.223. The van der Waals surface area contributed by atoms with Crippen molar-refractivity contribution in [2.75, 3.05) is 45.1 Å². The van der Waals surface area contributed by atoms with Crippen molar-refractivity contribution in [2.24, 2.45) is 0 Å². The first-order valence-corrected chi connectivity index (χ1v) is 9.21. The second kappa shape index (κ2) is 7.89. The number of benzene rings is 1. The molecule has 1 aliphatic rings. The first-order chi connectivity index (χ1) is 10.5. The van der Waals surface area contributed by atoms with Gasteiger partial charge >= 0.3 is 0 Å². The molecule has 0 saturated carbocycles. The van der Waals surface area contributed by atoms with Gasteiger partial charge in [-0.1, -0.05) is 6.92 Å². The molecule has 0 N–H and O–H groups in total. The highest BCUT2D eigenvalue weighted by Crippen LogP contribution is 2.12. The number of ether oxygens (including phenoxy) is 1. The van der Waals surface area contributed by atoms with Gasteiger partial charge in [-0.05, 0) is 30.7 Å². The molecule has 1 saturated heterocycles. The lowest BCUT2D eigenvalue weighted by Crippen LogP contribution is -2.50. The number of halogens is 1. The molecule has 0 unspecified atom stereocenters. The number of hydrogen-bond donors (Lipinski definition) is 0. The van der Waals surface area contributed by atoms with Crippen molar-refractivity contribution in [3.63, 3.8) is 0 Å². The summed E-state index contributed by atoms with van der Waals surface area (Å²) >= 11 is 0. The molecule has 0 spiro atoms. The fourth-order valence-electron chi connectivity index (χ4n) is 2.44. The quantitative estimate of drug-likeness (QED) is 0.761. The van der Waals surface area contributed by atoms with Gasteiger partial charge < -0.3 is 4.74 Å². The Morgan fingerprint density at radius 1 is 1.14 bits per heavy atom. The van der Waals surface area contributed by atoms with Gasteiger partial charge in [-0.2, -0.15) is 4.31 Å². The van der Waals surface area contributed by atoms with E-state index in [1.807, 2.05) is 6.92 Å². The van der Waals surface area contributed by atoms with Gasteiger partial charge in [0, 0.05) is 32.7 Å². The maximum atomic E-state index is 12.8. The number of piperazine rings is 1. The van der Waals surface area contributed by atoms with Gasteiger partial charge in [0.2, 0.25) is 10.0 Å². The molecule has 0 aliphatic carbocycles. The van der Waals surface area contributed by atoms with Gasteiger partial charge in [0.1, 0.15) is 18.2 Å². The van der Waals surface area contributed by atoms with E-state index in [9.17, 15) is 12.8 Å². The Balaban J connectivity index is 1.70. The van der Waals surface area contributed by atoms with E-state index in [0.29, 0.717) is 31.9 Å². The fourth-order valence-corrected chi connectivity index (χ4v) is 3.94. The first kappa shape index (κ1) is 17.2. The zero-order valence-electron chi connectivity index (χ0n) is 12.9. The van der Waals surface area contributed by atoms with Gasteiger partial charge in [0.05, 0.1) is 5.75 Å². The zero-order valence-corrected chi connectivity index (χ0v) is 13.7. The maximum Gasteiger partial charge on any atom is 0.214 e. The molecule has 22 heavy (non-hydrogen) atoms. The molecule has 1 aromatic rings. The topological polar surface area (TPSA) is 49.9 Å². The molecule has 1 aliphatic heterocycles. The van der Waals surface area contributed by atoms with Crippen LogP contribution in [0, 0.1) is 5.82 Å². The van der Waals surface area contributed by atoms with Crippen molar-refractivity contribution in [2.45, 2.75) is 13.3 Å². The standard InChI is InChI=1S/C15H23FN2O3S/c1-2-13-22(19,20)18-9-7-17(8-10-18)11-12-21-15-5-3-14(16)4-6-15/h3-6H,2,7-13H2,1H3. The number of rotatable bonds is 7. The van der Waals surface area contributed by atoms with Gasteiger partial charge in [-0.3, -0.25) is 4.90 Å². The van der Waals surface area contributed by atoms with Crippen LogP contribution in [0.1, 0.15) is 13.3 Å². The Morgan fingerprint density at radius 3 is 2.36 bits per heavy atom. The summed E-state index contributed by atoms with van der Waals surface area (Å²) in [7, 11) is -3.08. The summed E-state index contributed by atoms with van der Waals surface area (Å²) in [6.45, 7) is 5.64. The van der Waals surface area contributed by atoms with Gasteiger partial charge in [0.15, 0.2) is 0 Å². The Kier molecular flexibility index (Phi) is 6.16. The molecule has 5 nitrogen and oxygen atoms in total. The molecule has 1 heterocycles. The highest BCUT2D eigenvalue weighted by Gasteiger charge is 2.25. The van der Waals surface area contributed by atoms with Crippen LogP contribution in [0.3, 0.4) is 0 Å². The van der Waals surface area contributed by atoms with Crippen molar-refractivity contribution >= 4 is 10.0 Å². The van der Waals surface area contributed by atoms with E-state index in [1.165, 1.54) is 12.1 Å². The molecule has 1 fully saturated rings. The molecule has 0 atom stereocenters. The molecule has 0 aromatic heterocycles. The SMILES string of the molecule is CCCS(=O)(=O)N1CCN(CCOc2ccc(F)cc2)CC1. The predicted octanol–water partition coefficient (Wildman–Crippen LogP) is 1.56. The summed E-state index contributed by atoms with van der Waals surface area (Å²) in [4.78, 5) is 2.18. The molecule has 124 valence electrons. The van der Waals surface area contributed by atoms with Crippen LogP contribution in [-0.2, 0) is 10.0 Å². The van der Waals surface area contributed by atoms with Crippen LogP contribution >= 0.6 is 0 Å². The van der Waals surface area contributed by atoms with Crippen molar-refractivity contribution in [1.29, 1.82) is 0 Å². The van der Waals surface area contributed by atoms with Crippen LogP contribution in [0.2, 0.25) is 0 Å². The summed E-state index contributed by atoms with van der Waals surface area (Å²) in [5.74, 6) is 0.586. The Morgan fingerprint density at radius 2 is 1.77 bits per heavy atom. The largest absolute Gasteiger partial charge is 0.492 e. The van der Waals surface area contributed by atoms with Gasteiger partial charge in [-0.15, -0.1) is 0 Å². The van der Waals surface area contributed by atoms with Crippen LogP contribution in [0.15, 0.2) is 24.3 Å². The van der Waals surface area contributed by atoms with E-state index in [1.54, 1.807) is 16.4 Å². The Bertz CT molecular complexity index is 555. The van der Waals surface area contributed by atoms with E-state index in [-0.39, 0.29) is 11.6 Å². The highest BCUT2D eigenvalue weighted by atomic mass is 32.2. The van der Waals surface area contributed by atoms with Crippen molar-refractivity contribution in [3.8, 4) is 5.75 Å². The van der Waals surface area contributed by atoms with E-state index in [2.05, 4.69) is 4.90 Å². The van der Waals surface area contributed by atoms with Gasteiger partial charge in [0.25, 0.3) is 0 Å². The summed E-state index contributed by atoms with van der Waals surface area (Å²) in [6, 6.07) is 5.94. The summed E-state index contributed by atoms with van der Waals surface area (Å²) < 4.78 is 43.8. The predicted molar refractivity (Wildman–Crippen MR) is 84.0 cm³/mol. The zero-order chi connectivity index (χ0) is 16.0. The molecule has 0 amide bonds. The molecule has 2 rings (SSSR count). The molecule has 0 bridgehead atoms. The molecule has 1 aromatic carbocycles. The minimum atomic E-state index is -3.08. The summed E-state index contributed by atoms with van der Waals surface area (Å²) in [5, 5.41) is 0. The van der Waals surface area contributed by atoms with Crippen molar-refractivity contribution in [1.82, 2.24) is 9.21 Å². The number of sulfonamides is 1. The third-order valence-corrected chi connectivity index (χ3v) is 5.75. The second-order valence-corrected chi connectivity index (χ2v) is 7.45. The lowest BCUT2D eigenvalue weighted by Gasteiger charge is -2.33. The monoisotopic (exact) mass is 330 g/mol. The van der Waals surface area contributed by atoms with Crippen molar-refractivity contribution < 1.29 is 17.5 Å². The van der Waals surface area contributed by atoms with Crippen LogP contribution < -0.4 is 4.74 Å². The smallest absolute Gasteiger partial charge is 0.214 e. The van der Waals surface area contributed by atoms with Gasteiger partial charge in [-0.25, -0.2) is 12.8 Å². The molecule has 7 heteroatoms. The fraction of sp³-hybridized carbons (Fsp3) is 0.600. The van der Waals surface area contributed by atoms with Crippen LogP contribution in [0.5, 0.6) is 5.75 Å². The summed E-state index contributed by atoms with van der Waals surface area (Å²) in [5.41, 5.74) is 0. The first-order valence-electron chi connectivity index (χ1n) is 7.60. The number of nitrogens with zero attached hydrogens (tertiary/aromatic N) is 2. The second-order valence-electron chi connectivity index (χ2n) is 5.36. The van der Waals surface area contributed by atoms with E-state index in [4.69, 9.17) is 4.74 Å². The van der Waals surface area contributed by atoms with Crippen LogP contribution in [0.25, 0.3) is 0 Å². The van der Waals surface area contributed by atoms with Crippen molar-refractivity contribution in [3.05, 3.63) is 30.1 Å². The minimum Gasteiger partial charge on any atom is -0.492 e. The molecular weight excluding hydrogens is 307 g/mol. The lowest BCUT2D eigenvalue weighted by atomic mass is 10.3. The van der Waals surface area contributed by atoms with E-state index >= 15 is 0 Å². The number of hydrogen-bond acceptors (Lipinski definition) is 4. The Labute approximate surface area is 131 Å². The Hall–Kier alpha value is -1.18. The summed E-state index contributed by atoms with van der Waals surface area (Å²) in [6.07, 6.45) is 0.647. The van der Waals surface area contributed by atoms with Crippen LogP contribution in [-0.4, -0.2) is 62.7 Å². The average molecular weight is 330 g/mol. The average Bonchev–Trinajstić information content (AvgIpc) is 2.50. The lowest BCUT2D eigenvalue weighted by molar-refractivity contribution is 0.159. The highest BCUT2D eigenvalue weighted by molar-refractivity contribution is 7.89. The van der Waals surface area contributed by atoms with E-state index < -0.39 is 10.0 Å². The third-order valence-electron chi connectivity index (χ3n) is 3.68. The van der Waals surface area contributed by atoms with Crippen LogP contribution in [0.4, 0.5) is 4.39 Å². The van der Waals surface area contributed by atoms with E-state index in [0.717, 1.165) is 19.6 Å². The normalized spacial score (nSPS) is 17.5. The third kappa shape index (κ3) is 4.93. The molecular formula is C15H23FN2O3S. The maximum absolute atomic E-state index is 12.8. The molecule has 0 radical (unpaired) electrons.